The molecule has 0 radical (unpaired) electrons. The summed E-state index contributed by atoms with van der Waals surface area (Å²) in [5.41, 5.74) is 7.34. The first-order chi connectivity index (χ1) is 15.3. The Labute approximate surface area is 198 Å². The van der Waals surface area contributed by atoms with Crippen molar-refractivity contribution in [3.8, 4) is 12.3 Å². The van der Waals surface area contributed by atoms with Crippen LogP contribution in [0.3, 0.4) is 0 Å². The van der Waals surface area contributed by atoms with Crippen LogP contribution in [0, 0.1) is 17.8 Å². The van der Waals surface area contributed by atoms with Crippen molar-refractivity contribution < 1.29 is 19.5 Å². The summed E-state index contributed by atoms with van der Waals surface area (Å²) in [5, 5.41) is 19.6. The molecule has 1 aliphatic rings. The minimum Gasteiger partial charge on any atom is -0.481 e. The Hall–Kier alpha value is -3.83. The van der Waals surface area contributed by atoms with Crippen LogP contribution in [0.4, 0.5) is 0 Å². The second kappa shape index (κ2) is 11.2. The lowest BCUT2D eigenvalue weighted by Gasteiger charge is -2.19. The molecule has 33 heavy (non-hydrogen) atoms. The molecule has 5 N–H and O–H groups in total. The number of carboxylic acid groups (broad SMARTS) is 1. The average molecular weight is 469 g/mol. The lowest BCUT2D eigenvalue weighted by atomic mass is 9.99. The summed E-state index contributed by atoms with van der Waals surface area (Å²) < 4.78 is 0. The number of hydrogen-bond acceptors (Lipinski definition) is 4. The normalized spacial score (nSPS) is 13.4. The number of halogens is 1. The number of nitrogen functional groups attached to an aromatic ring is 1. The second-order valence-electron chi connectivity index (χ2n) is 7.57. The Balaban J connectivity index is 0.00000385. The molecule has 0 aliphatic carbocycles. The molecule has 1 aliphatic heterocycles. The molecule has 0 bridgehead atoms. The van der Waals surface area contributed by atoms with Crippen LogP contribution < -0.4 is 11.1 Å². The van der Waals surface area contributed by atoms with Crippen LogP contribution in [0.5, 0.6) is 0 Å². The predicted octanol–water partition coefficient (Wildman–Crippen LogP) is 2.56. The van der Waals surface area contributed by atoms with Crippen molar-refractivity contribution in [3.63, 3.8) is 0 Å². The fourth-order valence-corrected chi connectivity index (χ4v) is 3.67. The number of carbonyl (C=O) groups excluding carboxylic acids is 2. The van der Waals surface area contributed by atoms with Gasteiger partial charge in [-0.3, -0.25) is 19.8 Å². The van der Waals surface area contributed by atoms with Crippen LogP contribution in [-0.2, 0) is 4.79 Å². The highest BCUT2D eigenvalue weighted by atomic mass is 35.5. The van der Waals surface area contributed by atoms with Crippen LogP contribution in [0.1, 0.15) is 62.7 Å². The molecule has 1 heterocycles. The summed E-state index contributed by atoms with van der Waals surface area (Å²) in [6.07, 6.45) is 7.14. The van der Waals surface area contributed by atoms with E-state index in [-0.39, 0.29) is 36.1 Å². The monoisotopic (exact) mass is 468 g/mol. The van der Waals surface area contributed by atoms with E-state index in [0.29, 0.717) is 35.3 Å². The van der Waals surface area contributed by atoms with Crippen molar-refractivity contribution in [2.45, 2.75) is 25.3 Å². The van der Waals surface area contributed by atoms with Gasteiger partial charge in [-0.1, -0.05) is 24.1 Å². The van der Waals surface area contributed by atoms with Gasteiger partial charge in [-0.25, -0.2) is 0 Å². The van der Waals surface area contributed by atoms with Crippen LogP contribution in [0.2, 0.25) is 0 Å². The van der Waals surface area contributed by atoms with Gasteiger partial charge >= 0.3 is 5.97 Å². The molecule has 3 rings (SSSR count). The third-order valence-electron chi connectivity index (χ3n) is 5.35. The fourth-order valence-electron chi connectivity index (χ4n) is 3.67. The molecule has 2 aromatic rings. The van der Waals surface area contributed by atoms with Crippen LogP contribution in [0.25, 0.3) is 0 Å². The number of hydrogen-bond donors (Lipinski definition) is 4. The number of benzene rings is 2. The molecule has 172 valence electrons. The number of aliphatic carboxylic acids is 1. The molecule has 1 atom stereocenters. The van der Waals surface area contributed by atoms with Crippen LogP contribution >= 0.6 is 12.4 Å². The molecule has 1 saturated heterocycles. The van der Waals surface area contributed by atoms with E-state index < -0.39 is 17.9 Å². The van der Waals surface area contributed by atoms with E-state index in [4.69, 9.17) is 17.6 Å². The third kappa shape index (κ3) is 6.11. The number of nitrogens with zero attached hydrogens (tertiary/aromatic N) is 1. The zero-order valence-electron chi connectivity index (χ0n) is 17.8. The van der Waals surface area contributed by atoms with Gasteiger partial charge < -0.3 is 21.1 Å². The molecule has 8 nitrogen and oxygen atoms in total. The van der Waals surface area contributed by atoms with Crippen molar-refractivity contribution >= 4 is 36.0 Å². The first-order valence-corrected chi connectivity index (χ1v) is 10.2. The van der Waals surface area contributed by atoms with Crippen molar-refractivity contribution in [2.24, 2.45) is 5.73 Å². The highest BCUT2D eigenvalue weighted by Gasteiger charge is 2.24. The highest BCUT2D eigenvalue weighted by Crippen LogP contribution is 2.21. The second-order valence-corrected chi connectivity index (χ2v) is 7.57. The van der Waals surface area contributed by atoms with E-state index in [0.717, 1.165) is 12.8 Å². The summed E-state index contributed by atoms with van der Waals surface area (Å²) in [4.78, 5) is 38.7. The molecule has 0 spiro atoms. The van der Waals surface area contributed by atoms with Crippen molar-refractivity contribution in [1.29, 1.82) is 5.41 Å². The molecule has 1 fully saturated rings. The number of rotatable bonds is 7. The van der Waals surface area contributed by atoms with Gasteiger partial charge in [0.2, 0.25) is 0 Å². The Morgan fingerprint density at radius 3 is 2.45 bits per heavy atom. The Bertz CT molecular complexity index is 1120. The van der Waals surface area contributed by atoms with E-state index in [1.54, 1.807) is 29.2 Å². The number of amidine groups is 1. The Morgan fingerprint density at radius 2 is 1.85 bits per heavy atom. The number of amides is 2. The number of nitrogens with one attached hydrogen (secondary N) is 2. The van der Waals surface area contributed by atoms with E-state index >= 15 is 0 Å². The standard InChI is InChI=1S/C24H24N4O4.ClH/c1-2-15-12-18(8-9-19(15)24(32)28-10-3-4-11-28)23(31)27-20(14-21(29)30)16-6-5-7-17(13-16)22(25)26;/h1,5-9,12-13,20H,3-4,10-11,14H2,(H3,25,26)(H,27,31)(H,29,30);1H. The molecule has 0 aromatic heterocycles. The number of nitrogens with two attached hydrogens (primary N) is 1. The zero-order chi connectivity index (χ0) is 23.3. The third-order valence-corrected chi connectivity index (χ3v) is 5.35. The van der Waals surface area contributed by atoms with Crippen molar-refractivity contribution in [2.75, 3.05) is 13.1 Å². The molecule has 1 unspecified atom stereocenters. The van der Waals surface area contributed by atoms with Gasteiger partial charge in [0.05, 0.1) is 18.0 Å². The number of terminal acetylenes is 1. The Kier molecular flexibility index (Phi) is 8.60. The summed E-state index contributed by atoms with van der Waals surface area (Å²) >= 11 is 0. The van der Waals surface area contributed by atoms with E-state index in [2.05, 4.69) is 11.2 Å². The van der Waals surface area contributed by atoms with Crippen LogP contribution in [0.15, 0.2) is 42.5 Å². The maximum absolute atomic E-state index is 12.9. The predicted molar refractivity (Wildman–Crippen MR) is 127 cm³/mol. The van der Waals surface area contributed by atoms with Gasteiger partial charge in [0, 0.05) is 29.8 Å². The first kappa shape index (κ1) is 25.4. The molecule has 2 aromatic carbocycles. The minimum absolute atomic E-state index is 0. The van der Waals surface area contributed by atoms with E-state index in [9.17, 15) is 19.5 Å². The van der Waals surface area contributed by atoms with Gasteiger partial charge in [-0.2, -0.15) is 0 Å². The largest absolute Gasteiger partial charge is 0.481 e. The van der Waals surface area contributed by atoms with Gasteiger partial charge in [-0.05, 0) is 42.7 Å². The summed E-state index contributed by atoms with van der Waals surface area (Å²) in [5.74, 6) is 0.526. The minimum atomic E-state index is -1.10. The van der Waals surface area contributed by atoms with Gasteiger partial charge in [-0.15, -0.1) is 18.8 Å². The lowest BCUT2D eigenvalue weighted by Crippen LogP contribution is -2.31. The number of carbonyl (C=O) groups is 3. The van der Waals surface area contributed by atoms with Gasteiger partial charge in [0.1, 0.15) is 5.84 Å². The molecule has 2 amide bonds. The number of carboxylic acids is 1. The first-order valence-electron chi connectivity index (χ1n) is 10.2. The van der Waals surface area contributed by atoms with Crippen molar-refractivity contribution in [1.82, 2.24) is 10.2 Å². The van der Waals surface area contributed by atoms with Crippen molar-refractivity contribution in [3.05, 3.63) is 70.3 Å². The zero-order valence-corrected chi connectivity index (χ0v) is 18.7. The van der Waals surface area contributed by atoms with Crippen LogP contribution in [-0.4, -0.2) is 46.7 Å². The van der Waals surface area contributed by atoms with Gasteiger partial charge in [0.15, 0.2) is 0 Å². The quantitative estimate of drug-likeness (QED) is 0.281. The maximum atomic E-state index is 12.9. The average Bonchev–Trinajstić information content (AvgIpc) is 3.32. The van der Waals surface area contributed by atoms with E-state index in [1.165, 1.54) is 18.2 Å². The van der Waals surface area contributed by atoms with Gasteiger partial charge in [0.25, 0.3) is 11.8 Å². The lowest BCUT2D eigenvalue weighted by molar-refractivity contribution is -0.137. The molecular weight excluding hydrogens is 444 g/mol. The SMILES string of the molecule is C#Cc1cc(C(=O)NC(CC(=O)O)c2cccc(C(=N)N)c2)ccc1C(=O)N1CCCC1.Cl. The molecule has 0 saturated carbocycles. The Morgan fingerprint density at radius 1 is 1.15 bits per heavy atom. The topological polar surface area (TPSA) is 137 Å². The summed E-state index contributed by atoms with van der Waals surface area (Å²) in [6, 6.07) is 10.1. The summed E-state index contributed by atoms with van der Waals surface area (Å²) in [7, 11) is 0. The molecular formula is C24H25ClN4O4. The summed E-state index contributed by atoms with van der Waals surface area (Å²) in [6.45, 7) is 1.36. The smallest absolute Gasteiger partial charge is 0.305 e. The highest BCUT2D eigenvalue weighted by molar-refractivity contribution is 6.00. The van der Waals surface area contributed by atoms with E-state index in [1.807, 2.05) is 0 Å². The number of likely N-dealkylation sites (tertiary alicyclic amines) is 1. The maximum Gasteiger partial charge on any atom is 0.305 e. The molecule has 9 heteroatoms. The fraction of sp³-hybridized carbons (Fsp3) is 0.250.